The number of halogens is 1. The van der Waals surface area contributed by atoms with Crippen LogP contribution in [0.1, 0.15) is 44.0 Å². The molecule has 0 atom stereocenters. The molecule has 1 aliphatic rings. The van der Waals surface area contributed by atoms with E-state index in [9.17, 15) is 4.79 Å². The fourth-order valence-electron chi connectivity index (χ4n) is 3.47. The molecular weight excluding hydrogens is 354 g/mol. The molecule has 1 fully saturated rings. The molecule has 7 nitrogen and oxygen atoms in total. The first kappa shape index (κ1) is 18.8. The molecule has 1 aliphatic carbocycles. The van der Waals surface area contributed by atoms with Crippen molar-refractivity contribution in [3.63, 3.8) is 0 Å². The lowest BCUT2D eigenvalue weighted by atomic mass is 9.76. The van der Waals surface area contributed by atoms with E-state index in [2.05, 4.69) is 27.8 Å². The minimum Gasteiger partial charge on any atom is -0.375 e. The van der Waals surface area contributed by atoms with E-state index in [1.807, 2.05) is 25.1 Å². The Labute approximate surface area is 158 Å². The molecule has 8 heteroatoms. The van der Waals surface area contributed by atoms with Crippen LogP contribution in [-0.4, -0.2) is 39.8 Å². The van der Waals surface area contributed by atoms with Gasteiger partial charge in [-0.25, -0.2) is 0 Å². The summed E-state index contributed by atoms with van der Waals surface area (Å²) >= 11 is 6.28. The first-order valence-corrected chi connectivity index (χ1v) is 9.18. The molecule has 0 aliphatic heterocycles. The number of nitrogens with zero attached hydrogens (tertiary/aromatic N) is 4. The maximum atomic E-state index is 12.3. The Bertz CT molecular complexity index is 784. The van der Waals surface area contributed by atoms with Crippen LogP contribution >= 0.6 is 11.6 Å². The standard InChI is InChI=1S/C18H24ClN5O2/c1-12-6-8-18(9-7-12,20-16(25)11-26-3)17-21-22-23-24(17)14-5-4-13(2)15(19)10-14/h4-5,10,12H,6-9,11H2,1-3H3,(H,20,25). The Balaban J connectivity index is 2.01. The van der Waals surface area contributed by atoms with Gasteiger partial charge in [-0.05, 0) is 66.6 Å². The van der Waals surface area contributed by atoms with Crippen molar-refractivity contribution in [3.05, 3.63) is 34.6 Å². The van der Waals surface area contributed by atoms with Gasteiger partial charge in [0.05, 0.1) is 5.69 Å². The molecule has 0 unspecified atom stereocenters. The van der Waals surface area contributed by atoms with Gasteiger partial charge in [-0.15, -0.1) is 5.10 Å². The molecule has 2 aromatic rings. The second kappa shape index (κ2) is 7.72. The lowest BCUT2D eigenvalue weighted by Gasteiger charge is -2.38. The number of carbonyl (C=O) groups is 1. The fourth-order valence-corrected chi connectivity index (χ4v) is 3.64. The highest BCUT2D eigenvalue weighted by molar-refractivity contribution is 6.31. The van der Waals surface area contributed by atoms with E-state index in [1.54, 1.807) is 4.68 Å². The first-order chi connectivity index (χ1) is 12.4. The van der Waals surface area contributed by atoms with Gasteiger partial charge in [-0.1, -0.05) is 24.6 Å². The summed E-state index contributed by atoms with van der Waals surface area (Å²) in [7, 11) is 1.51. The highest BCUT2D eigenvalue weighted by Gasteiger charge is 2.42. The van der Waals surface area contributed by atoms with Gasteiger partial charge in [0.2, 0.25) is 5.91 Å². The van der Waals surface area contributed by atoms with Crippen molar-refractivity contribution < 1.29 is 9.53 Å². The molecular formula is C18H24ClN5O2. The number of rotatable bonds is 5. The second-order valence-corrected chi connectivity index (χ2v) is 7.50. The smallest absolute Gasteiger partial charge is 0.246 e. The zero-order valence-electron chi connectivity index (χ0n) is 15.3. The molecule has 0 radical (unpaired) electrons. The Kier molecular flexibility index (Phi) is 5.58. The maximum absolute atomic E-state index is 12.3. The second-order valence-electron chi connectivity index (χ2n) is 7.09. The average Bonchev–Trinajstić information content (AvgIpc) is 3.10. The van der Waals surface area contributed by atoms with E-state index in [-0.39, 0.29) is 12.5 Å². The Morgan fingerprint density at radius 1 is 1.42 bits per heavy atom. The highest BCUT2D eigenvalue weighted by atomic mass is 35.5. The zero-order valence-corrected chi connectivity index (χ0v) is 16.1. The van der Waals surface area contributed by atoms with E-state index in [4.69, 9.17) is 16.3 Å². The van der Waals surface area contributed by atoms with Crippen LogP contribution in [0.4, 0.5) is 0 Å². The highest BCUT2D eigenvalue weighted by Crippen LogP contribution is 2.39. The minimum atomic E-state index is -0.608. The van der Waals surface area contributed by atoms with Gasteiger partial charge in [0.1, 0.15) is 12.1 Å². The molecule has 1 saturated carbocycles. The van der Waals surface area contributed by atoms with Crippen LogP contribution in [-0.2, 0) is 15.1 Å². The molecule has 1 heterocycles. The number of aryl methyl sites for hydroxylation is 1. The number of ether oxygens (including phenoxy) is 1. The SMILES string of the molecule is COCC(=O)NC1(c2nnnn2-c2ccc(C)c(Cl)c2)CCC(C)CC1. The number of amides is 1. The largest absolute Gasteiger partial charge is 0.375 e. The predicted molar refractivity (Wildman–Crippen MR) is 98.2 cm³/mol. The van der Waals surface area contributed by atoms with E-state index < -0.39 is 5.54 Å². The number of tetrazole rings is 1. The summed E-state index contributed by atoms with van der Waals surface area (Å²) in [5.74, 6) is 1.08. The van der Waals surface area contributed by atoms with Gasteiger partial charge in [-0.3, -0.25) is 4.79 Å². The summed E-state index contributed by atoms with van der Waals surface area (Å²) in [6.07, 6.45) is 3.55. The van der Waals surface area contributed by atoms with Crippen molar-refractivity contribution in [1.82, 2.24) is 25.5 Å². The number of aromatic nitrogens is 4. The third-order valence-electron chi connectivity index (χ3n) is 5.08. The van der Waals surface area contributed by atoms with E-state index in [0.717, 1.165) is 36.9 Å². The van der Waals surface area contributed by atoms with Crippen LogP contribution in [0.2, 0.25) is 5.02 Å². The van der Waals surface area contributed by atoms with Crippen LogP contribution in [0.5, 0.6) is 0 Å². The normalized spacial score (nSPS) is 23.0. The molecule has 0 bridgehead atoms. The third-order valence-corrected chi connectivity index (χ3v) is 5.49. The van der Waals surface area contributed by atoms with Crippen molar-refractivity contribution in [2.75, 3.05) is 13.7 Å². The van der Waals surface area contributed by atoms with Gasteiger partial charge in [-0.2, -0.15) is 4.68 Å². The third kappa shape index (κ3) is 3.73. The lowest BCUT2D eigenvalue weighted by Crippen LogP contribution is -2.50. The van der Waals surface area contributed by atoms with Crippen molar-refractivity contribution in [2.45, 2.75) is 45.1 Å². The van der Waals surface area contributed by atoms with Crippen molar-refractivity contribution >= 4 is 17.5 Å². The minimum absolute atomic E-state index is 0.00916. The molecule has 0 saturated heterocycles. The van der Waals surface area contributed by atoms with Gasteiger partial charge in [0.25, 0.3) is 0 Å². The molecule has 1 aromatic heterocycles. The van der Waals surface area contributed by atoms with Gasteiger partial charge >= 0.3 is 0 Å². The monoisotopic (exact) mass is 377 g/mol. The molecule has 140 valence electrons. The number of hydrogen-bond donors (Lipinski definition) is 1. The lowest BCUT2D eigenvalue weighted by molar-refractivity contribution is -0.127. The Morgan fingerprint density at radius 3 is 2.81 bits per heavy atom. The number of hydrogen-bond acceptors (Lipinski definition) is 5. The van der Waals surface area contributed by atoms with E-state index in [1.165, 1.54) is 7.11 Å². The summed E-state index contributed by atoms with van der Waals surface area (Å²) < 4.78 is 6.66. The molecule has 1 N–H and O–H groups in total. The quantitative estimate of drug-likeness (QED) is 0.866. The number of benzene rings is 1. The molecule has 1 aromatic carbocycles. The summed E-state index contributed by atoms with van der Waals surface area (Å²) in [5.41, 5.74) is 1.16. The van der Waals surface area contributed by atoms with Crippen molar-refractivity contribution in [1.29, 1.82) is 0 Å². The number of nitrogens with one attached hydrogen (secondary N) is 1. The summed E-state index contributed by atoms with van der Waals surface area (Å²) in [5, 5.41) is 16.1. The average molecular weight is 378 g/mol. The molecule has 26 heavy (non-hydrogen) atoms. The summed E-state index contributed by atoms with van der Waals surface area (Å²) in [6, 6.07) is 5.70. The zero-order chi connectivity index (χ0) is 18.7. The van der Waals surface area contributed by atoms with Crippen molar-refractivity contribution in [3.8, 4) is 5.69 Å². The predicted octanol–water partition coefficient (Wildman–Crippen LogP) is 2.79. The van der Waals surface area contributed by atoms with Crippen LogP contribution in [0.25, 0.3) is 5.69 Å². The summed E-state index contributed by atoms with van der Waals surface area (Å²) in [4.78, 5) is 12.3. The molecule has 3 rings (SSSR count). The summed E-state index contributed by atoms with van der Waals surface area (Å²) in [6.45, 7) is 4.18. The number of carbonyl (C=O) groups excluding carboxylic acids is 1. The fraction of sp³-hybridized carbons (Fsp3) is 0.556. The van der Waals surface area contributed by atoms with Crippen LogP contribution < -0.4 is 5.32 Å². The van der Waals surface area contributed by atoms with Crippen molar-refractivity contribution in [2.24, 2.45) is 5.92 Å². The number of methoxy groups -OCH3 is 1. The van der Waals surface area contributed by atoms with Crippen LogP contribution in [0.3, 0.4) is 0 Å². The maximum Gasteiger partial charge on any atom is 0.246 e. The Morgan fingerprint density at radius 2 is 2.15 bits per heavy atom. The van der Waals surface area contributed by atoms with Gasteiger partial charge in [0, 0.05) is 12.1 Å². The molecule has 1 amide bonds. The van der Waals surface area contributed by atoms with E-state index >= 15 is 0 Å². The van der Waals surface area contributed by atoms with Crippen LogP contribution in [0, 0.1) is 12.8 Å². The van der Waals surface area contributed by atoms with E-state index in [0.29, 0.717) is 16.8 Å². The van der Waals surface area contributed by atoms with Gasteiger partial charge in [0.15, 0.2) is 5.82 Å². The topological polar surface area (TPSA) is 81.9 Å². The van der Waals surface area contributed by atoms with Gasteiger partial charge < -0.3 is 10.1 Å². The Hall–Kier alpha value is -1.99. The first-order valence-electron chi connectivity index (χ1n) is 8.80. The molecule has 0 spiro atoms. The van der Waals surface area contributed by atoms with Crippen LogP contribution in [0.15, 0.2) is 18.2 Å².